The lowest BCUT2D eigenvalue weighted by atomic mass is 10.1. The van der Waals surface area contributed by atoms with E-state index in [1.54, 1.807) is 13.2 Å². The number of hydrogen-bond donors (Lipinski definition) is 1. The minimum atomic E-state index is -0.155. The Morgan fingerprint density at radius 3 is 2.56 bits per heavy atom. The molecule has 1 aromatic carbocycles. The zero-order valence-corrected chi connectivity index (χ0v) is 20.2. The van der Waals surface area contributed by atoms with Gasteiger partial charge >= 0.3 is 0 Å². The summed E-state index contributed by atoms with van der Waals surface area (Å²) in [6.45, 7) is 7.23. The standard InChI is InChI=1S/C25H26N6O2S/c1-16-21-23(31-13-11-30(12-14-31)20-9-4-5-10-26-20)27-17(2)28-25(21)34-22(16)24(32)29-18-7-6-8-19(15-18)33-3/h4-10,15H,11-14H2,1-3H3,(H,29,32). The van der Waals surface area contributed by atoms with Gasteiger partial charge in [-0.15, -0.1) is 11.3 Å². The van der Waals surface area contributed by atoms with Gasteiger partial charge in [0.25, 0.3) is 5.91 Å². The van der Waals surface area contributed by atoms with Gasteiger partial charge in [-0.25, -0.2) is 15.0 Å². The molecule has 174 valence electrons. The first-order valence-corrected chi connectivity index (χ1v) is 12.0. The predicted molar refractivity (Wildman–Crippen MR) is 136 cm³/mol. The summed E-state index contributed by atoms with van der Waals surface area (Å²) in [5, 5.41) is 3.94. The normalized spacial score (nSPS) is 13.9. The van der Waals surface area contributed by atoms with Crippen molar-refractivity contribution in [3.05, 3.63) is 64.9 Å². The predicted octanol–water partition coefficient (Wildman–Crippen LogP) is 4.29. The van der Waals surface area contributed by atoms with Crippen LogP contribution in [-0.4, -0.2) is 54.1 Å². The Hall–Kier alpha value is -3.72. The van der Waals surface area contributed by atoms with Crippen LogP contribution in [0.15, 0.2) is 48.7 Å². The van der Waals surface area contributed by atoms with Gasteiger partial charge < -0.3 is 19.9 Å². The number of carbonyl (C=O) groups excluding carboxylic acids is 1. The van der Waals surface area contributed by atoms with Gasteiger partial charge in [-0.3, -0.25) is 4.79 Å². The Bertz CT molecular complexity index is 1330. The molecular weight excluding hydrogens is 448 g/mol. The molecule has 0 unspecified atom stereocenters. The van der Waals surface area contributed by atoms with E-state index in [4.69, 9.17) is 9.72 Å². The molecule has 0 spiro atoms. The van der Waals surface area contributed by atoms with E-state index in [9.17, 15) is 4.79 Å². The van der Waals surface area contributed by atoms with E-state index in [1.807, 2.05) is 56.4 Å². The Morgan fingerprint density at radius 2 is 1.82 bits per heavy atom. The molecule has 0 aliphatic carbocycles. The zero-order chi connectivity index (χ0) is 23.7. The average Bonchev–Trinajstić information content (AvgIpc) is 3.20. The van der Waals surface area contributed by atoms with Crippen molar-refractivity contribution in [2.24, 2.45) is 0 Å². The third-order valence-electron chi connectivity index (χ3n) is 5.97. The molecule has 1 aliphatic heterocycles. The number of hydrogen-bond acceptors (Lipinski definition) is 8. The van der Waals surface area contributed by atoms with Crippen molar-refractivity contribution < 1.29 is 9.53 Å². The Kier molecular flexibility index (Phi) is 6.02. The molecule has 0 saturated carbocycles. The van der Waals surface area contributed by atoms with Gasteiger partial charge in [0.2, 0.25) is 0 Å². The maximum absolute atomic E-state index is 13.2. The summed E-state index contributed by atoms with van der Waals surface area (Å²) in [7, 11) is 1.61. The molecule has 1 amide bonds. The van der Waals surface area contributed by atoms with Crippen molar-refractivity contribution in [3.8, 4) is 5.75 Å². The molecule has 1 aliphatic rings. The van der Waals surface area contributed by atoms with Crippen LogP contribution in [-0.2, 0) is 0 Å². The van der Waals surface area contributed by atoms with Crippen molar-refractivity contribution in [2.45, 2.75) is 13.8 Å². The van der Waals surface area contributed by atoms with E-state index in [-0.39, 0.29) is 5.91 Å². The third kappa shape index (κ3) is 4.26. The maximum Gasteiger partial charge on any atom is 0.266 e. The second-order valence-corrected chi connectivity index (χ2v) is 9.18. The van der Waals surface area contributed by atoms with Gasteiger partial charge in [-0.1, -0.05) is 12.1 Å². The number of anilines is 3. The molecule has 8 nitrogen and oxygen atoms in total. The number of ether oxygens (including phenoxy) is 1. The largest absolute Gasteiger partial charge is 0.497 e. The number of piperazine rings is 1. The van der Waals surface area contributed by atoms with Crippen LogP contribution in [0, 0.1) is 13.8 Å². The van der Waals surface area contributed by atoms with Crippen molar-refractivity contribution >= 4 is 44.8 Å². The molecule has 3 aromatic heterocycles. The summed E-state index contributed by atoms with van der Waals surface area (Å²) in [5.41, 5.74) is 1.59. The van der Waals surface area contributed by atoms with Crippen LogP contribution < -0.4 is 19.9 Å². The molecule has 1 saturated heterocycles. The SMILES string of the molecule is COc1cccc(NC(=O)c2sc3nc(C)nc(N4CCN(c5ccccn5)CC4)c3c2C)c1. The third-order valence-corrected chi connectivity index (χ3v) is 7.15. The lowest BCUT2D eigenvalue weighted by molar-refractivity contribution is 0.103. The Morgan fingerprint density at radius 1 is 1.03 bits per heavy atom. The first-order valence-electron chi connectivity index (χ1n) is 11.2. The molecule has 34 heavy (non-hydrogen) atoms. The highest BCUT2D eigenvalue weighted by Crippen LogP contribution is 2.36. The molecule has 4 heterocycles. The first-order chi connectivity index (χ1) is 16.5. The number of amides is 1. The molecule has 1 fully saturated rings. The number of fused-ring (bicyclic) bond motifs is 1. The number of aromatic nitrogens is 3. The second kappa shape index (κ2) is 9.26. The summed E-state index contributed by atoms with van der Waals surface area (Å²) in [4.78, 5) is 33.2. The molecular formula is C25H26N6O2S. The fourth-order valence-corrected chi connectivity index (χ4v) is 5.36. The lowest BCUT2D eigenvalue weighted by Gasteiger charge is -2.36. The van der Waals surface area contributed by atoms with Gasteiger partial charge in [0.05, 0.1) is 17.4 Å². The Labute approximate surface area is 202 Å². The number of nitrogens with zero attached hydrogens (tertiary/aromatic N) is 5. The average molecular weight is 475 g/mol. The van der Waals surface area contributed by atoms with Crippen LogP contribution in [0.2, 0.25) is 0 Å². The summed E-state index contributed by atoms with van der Waals surface area (Å²) in [5.74, 6) is 3.14. The summed E-state index contributed by atoms with van der Waals surface area (Å²) in [6.07, 6.45) is 1.83. The van der Waals surface area contributed by atoms with Crippen LogP contribution in [0.25, 0.3) is 10.2 Å². The molecule has 4 aromatic rings. The van der Waals surface area contributed by atoms with Crippen LogP contribution in [0.4, 0.5) is 17.3 Å². The number of thiophene rings is 1. The molecule has 5 rings (SSSR count). The second-order valence-electron chi connectivity index (χ2n) is 8.18. The summed E-state index contributed by atoms with van der Waals surface area (Å²) in [6, 6.07) is 13.3. The van der Waals surface area contributed by atoms with Crippen molar-refractivity contribution in [3.63, 3.8) is 0 Å². The van der Waals surface area contributed by atoms with E-state index >= 15 is 0 Å². The number of carbonyl (C=O) groups is 1. The molecule has 0 radical (unpaired) electrons. The van der Waals surface area contributed by atoms with Crippen LogP contribution in [0.3, 0.4) is 0 Å². The van der Waals surface area contributed by atoms with Gasteiger partial charge in [0, 0.05) is 44.1 Å². The minimum absolute atomic E-state index is 0.155. The zero-order valence-electron chi connectivity index (χ0n) is 19.4. The van der Waals surface area contributed by atoms with Gasteiger partial charge in [0.15, 0.2) is 0 Å². The number of methoxy groups -OCH3 is 1. The van der Waals surface area contributed by atoms with E-state index in [0.29, 0.717) is 22.1 Å². The number of nitrogens with one attached hydrogen (secondary N) is 1. The highest BCUT2D eigenvalue weighted by molar-refractivity contribution is 7.20. The Balaban J connectivity index is 1.42. The van der Waals surface area contributed by atoms with Crippen molar-refractivity contribution in [1.82, 2.24) is 15.0 Å². The van der Waals surface area contributed by atoms with E-state index in [1.165, 1.54) is 11.3 Å². The molecule has 9 heteroatoms. The fraction of sp³-hybridized carbons (Fsp3) is 0.280. The quantitative estimate of drug-likeness (QED) is 0.462. The van der Waals surface area contributed by atoms with Gasteiger partial charge in [-0.2, -0.15) is 0 Å². The van der Waals surface area contributed by atoms with E-state index in [0.717, 1.165) is 53.6 Å². The monoisotopic (exact) mass is 474 g/mol. The maximum atomic E-state index is 13.2. The van der Waals surface area contributed by atoms with Crippen LogP contribution >= 0.6 is 11.3 Å². The smallest absolute Gasteiger partial charge is 0.266 e. The van der Waals surface area contributed by atoms with E-state index < -0.39 is 0 Å². The number of rotatable bonds is 5. The van der Waals surface area contributed by atoms with Gasteiger partial charge in [-0.05, 0) is 43.7 Å². The fourth-order valence-electron chi connectivity index (χ4n) is 4.24. The molecule has 0 bridgehead atoms. The number of benzene rings is 1. The lowest BCUT2D eigenvalue weighted by Crippen LogP contribution is -2.47. The summed E-state index contributed by atoms with van der Waals surface area (Å²) >= 11 is 1.41. The summed E-state index contributed by atoms with van der Waals surface area (Å²) < 4.78 is 5.27. The van der Waals surface area contributed by atoms with Crippen LogP contribution in [0.1, 0.15) is 21.1 Å². The number of pyridine rings is 1. The minimum Gasteiger partial charge on any atom is -0.497 e. The van der Waals surface area contributed by atoms with Crippen LogP contribution in [0.5, 0.6) is 5.75 Å². The van der Waals surface area contributed by atoms with Crippen molar-refractivity contribution in [2.75, 3.05) is 48.4 Å². The highest BCUT2D eigenvalue weighted by atomic mass is 32.1. The highest BCUT2D eigenvalue weighted by Gasteiger charge is 2.25. The van der Waals surface area contributed by atoms with Gasteiger partial charge in [0.1, 0.15) is 28.0 Å². The molecule has 0 atom stereocenters. The van der Waals surface area contributed by atoms with Crippen molar-refractivity contribution in [1.29, 1.82) is 0 Å². The van der Waals surface area contributed by atoms with E-state index in [2.05, 4.69) is 25.1 Å². The topological polar surface area (TPSA) is 83.5 Å². The first kappa shape index (κ1) is 22.1. The number of aryl methyl sites for hydroxylation is 2. The molecule has 1 N–H and O–H groups in total.